The predicted octanol–water partition coefficient (Wildman–Crippen LogP) is 5.21. The molecule has 146 valence electrons. The zero-order chi connectivity index (χ0) is 18.5. The van der Waals surface area contributed by atoms with Gasteiger partial charge in [-0.05, 0) is 37.0 Å². The van der Waals surface area contributed by atoms with Crippen molar-refractivity contribution in [2.45, 2.75) is 83.1 Å². The number of nitrogens with one attached hydrogen (secondary N) is 2. The first-order valence-electron chi connectivity index (χ1n) is 10.5. The number of hydrogen-bond acceptors (Lipinski definition) is 2. The maximum atomic E-state index is 12.2. The van der Waals surface area contributed by atoms with Gasteiger partial charge in [-0.3, -0.25) is 0 Å². The quantitative estimate of drug-likeness (QED) is 0.757. The Kier molecular flexibility index (Phi) is 9.99. The molecule has 0 atom stereocenters. The van der Waals surface area contributed by atoms with E-state index in [1.807, 2.05) is 24.3 Å². The maximum absolute atomic E-state index is 12.2. The predicted molar refractivity (Wildman–Crippen MR) is 108 cm³/mol. The monoisotopic (exact) mass is 360 g/mol. The lowest BCUT2D eigenvalue weighted by Gasteiger charge is -2.20. The molecule has 1 saturated carbocycles. The summed E-state index contributed by atoms with van der Waals surface area (Å²) in [5.41, 5.74) is 1.21. The second kappa shape index (κ2) is 12.6. The SMILES string of the molecule is COc1ccc(CCNC(=O)NC2CCCCCCCCCCC2)cc1. The molecule has 1 aliphatic rings. The van der Waals surface area contributed by atoms with E-state index in [0.717, 1.165) is 25.0 Å². The van der Waals surface area contributed by atoms with Gasteiger partial charge < -0.3 is 15.4 Å². The third-order valence-corrected chi connectivity index (χ3v) is 5.30. The largest absolute Gasteiger partial charge is 0.497 e. The van der Waals surface area contributed by atoms with E-state index in [9.17, 15) is 4.79 Å². The molecule has 0 radical (unpaired) electrons. The molecule has 2 N–H and O–H groups in total. The molecule has 1 aliphatic carbocycles. The number of rotatable bonds is 5. The molecule has 0 saturated heterocycles. The zero-order valence-corrected chi connectivity index (χ0v) is 16.4. The van der Waals surface area contributed by atoms with E-state index in [-0.39, 0.29) is 6.03 Å². The van der Waals surface area contributed by atoms with Crippen molar-refractivity contribution >= 4 is 6.03 Å². The van der Waals surface area contributed by atoms with E-state index in [2.05, 4.69) is 10.6 Å². The number of benzene rings is 1. The summed E-state index contributed by atoms with van der Waals surface area (Å²) in [5, 5.41) is 6.22. The zero-order valence-electron chi connectivity index (χ0n) is 16.4. The van der Waals surface area contributed by atoms with Crippen LogP contribution in [0, 0.1) is 0 Å². The standard InChI is InChI=1S/C22H36N2O2/c1-26-21-15-13-19(14-16-21)17-18-23-22(25)24-20-11-9-7-5-3-2-4-6-8-10-12-20/h13-16,20H,2-12,17-18H2,1H3,(H2,23,24,25). The molecule has 4 nitrogen and oxygen atoms in total. The molecule has 1 aromatic carbocycles. The van der Waals surface area contributed by atoms with Crippen LogP contribution in [-0.2, 0) is 6.42 Å². The van der Waals surface area contributed by atoms with Crippen LogP contribution >= 0.6 is 0 Å². The normalized spacial score (nSPS) is 17.6. The Labute approximate surface area is 159 Å². The number of amides is 2. The van der Waals surface area contributed by atoms with Crippen molar-refractivity contribution in [2.75, 3.05) is 13.7 Å². The number of ether oxygens (including phenoxy) is 1. The van der Waals surface area contributed by atoms with Gasteiger partial charge in [0.25, 0.3) is 0 Å². The fourth-order valence-corrected chi connectivity index (χ4v) is 3.66. The van der Waals surface area contributed by atoms with Crippen LogP contribution in [0.1, 0.15) is 76.2 Å². The van der Waals surface area contributed by atoms with Gasteiger partial charge in [-0.1, -0.05) is 69.9 Å². The van der Waals surface area contributed by atoms with Crippen LogP contribution in [0.2, 0.25) is 0 Å². The second-order valence-electron chi connectivity index (χ2n) is 7.45. The Balaban J connectivity index is 1.67. The summed E-state index contributed by atoms with van der Waals surface area (Å²) < 4.78 is 5.17. The Bertz CT molecular complexity index is 489. The first kappa shape index (κ1) is 20.6. The highest BCUT2D eigenvalue weighted by Crippen LogP contribution is 2.17. The molecule has 0 bridgehead atoms. The van der Waals surface area contributed by atoms with Gasteiger partial charge in [-0.2, -0.15) is 0 Å². The van der Waals surface area contributed by atoms with E-state index in [1.54, 1.807) is 7.11 Å². The molecule has 0 spiro atoms. The minimum atomic E-state index is -0.0180. The average Bonchev–Trinajstić information content (AvgIpc) is 2.64. The first-order chi connectivity index (χ1) is 12.8. The van der Waals surface area contributed by atoms with E-state index in [0.29, 0.717) is 12.6 Å². The Morgan fingerprint density at radius 3 is 2.00 bits per heavy atom. The molecule has 0 aliphatic heterocycles. The molecule has 0 unspecified atom stereocenters. The maximum Gasteiger partial charge on any atom is 0.315 e. The molecule has 0 heterocycles. The summed E-state index contributed by atoms with van der Waals surface area (Å²) in [6.07, 6.45) is 15.0. The highest BCUT2D eigenvalue weighted by molar-refractivity contribution is 5.74. The lowest BCUT2D eigenvalue weighted by Crippen LogP contribution is -2.42. The van der Waals surface area contributed by atoms with Crippen molar-refractivity contribution in [3.8, 4) is 5.75 Å². The van der Waals surface area contributed by atoms with Gasteiger partial charge in [0.2, 0.25) is 0 Å². The Morgan fingerprint density at radius 2 is 1.46 bits per heavy atom. The van der Waals surface area contributed by atoms with Crippen LogP contribution in [0.25, 0.3) is 0 Å². The summed E-state index contributed by atoms with van der Waals surface area (Å²) in [6.45, 7) is 0.658. The van der Waals surface area contributed by atoms with Crippen LogP contribution in [-0.4, -0.2) is 25.7 Å². The van der Waals surface area contributed by atoms with Gasteiger partial charge in [0, 0.05) is 12.6 Å². The minimum absolute atomic E-state index is 0.0180. The van der Waals surface area contributed by atoms with Crippen LogP contribution in [0.4, 0.5) is 4.79 Å². The molecule has 1 aromatic rings. The van der Waals surface area contributed by atoms with Crippen LogP contribution in [0.3, 0.4) is 0 Å². The van der Waals surface area contributed by atoms with Crippen molar-refractivity contribution < 1.29 is 9.53 Å². The van der Waals surface area contributed by atoms with Crippen molar-refractivity contribution in [1.29, 1.82) is 0 Å². The van der Waals surface area contributed by atoms with Crippen LogP contribution in [0.15, 0.2) is 24.3 Å². The minimum Gasteiger partial charge on any atom is -0.497 e. The van der Waals surface area contributed by atoms with Crippen LogP contribution in [0.5, 0.6) is 5.75 Å². The van der Waals surface area contributed by atoms with Gasteiger partial charge in [-0.15, -0.1) is 0 Å². The first-order valence-corrected chi connectivity index (χ1v) is 10.5. The summed E-state index contributed by atoms with van der Waals surface area (Å²) >= 11 is 0. The molecular formula is C22H36N2O2. The van der Waals surface area contributed by atoms with E-state index < -0.39 is 0 Å². The highest BCUT2D eigenvalue weighted by atomic mass is 16.5. The topological polar surface area (TPSA) is 50.4 Å². The Hall–Kier alpha value is -1.71. The van der Waals surface area contributed by atoms with Gasteiger partial charge in [0.15, 0.2) is 0 Å². The average molecular weight is 361 g/mol. The van der Waals surface area contributed by atoms with Crippen molar-refractivity contribution in [1.82, 2.24) is 10.6 Å². The fraction of sp³-hybridized carbons (Fsp3) is 0.682. The molecule has 0 aromatic heterocycles. The summed E-state index contributed by atoms with van der Waals surface area (Å²) in [6, 6.07) is 8.32. The van der Waals surface area contributed by atoms with Crippen LogP contribution < -0.4 is 15.4 Å². The van der Waals surface area contributed by atoms with Crippen molar-refractivity contribution in [3.05, 3.63) is 29.8 Å². The number of methoxy groups -OCH3 is 1. The van der Waals surface area contributed by atoms with Gasteiger partial charge in [-0.25, -0.2) is 4.79 Å². The summed E-state index contributed by atoms with van der Waals surface area (Å²) in [5.74, 6) is 0.863. The number of carbonyl (C=O) groups is 1. The number of carbonyl (C=O) groups excluding carboxylic acids is 1. The third-order valence-electron chi connectivity index (χ3n) is 5.30. The molecule has 1 fully saturated rings. The molecule has 2 amide bonds. The molecule has 2 rings (SSSR count). The van der Waals surface area contributed by atoms with Gasteiger partial charge in [0.05, 0.1) is 7.11 Å². The smallest absolute Gasteiger partial charge is 0.315 e. The number of urea groups is 1. The fourth-order valence-electron chi connectivity index (χ4n) is 3.66. The Morgan fingerprint density at radius 1 is 0.923 bits per heavy atom. The van der Waals surface area contributed by atoms with E-state index in [1.165, 1.54) is 63.4 Å². The number of hydrogen-bond donors (Lipinski definition) is 2. The van der Waals surface area contributed by atoms with Gasteiger partial charge in [0.1, 0.15) is 5.75 Å². The van der Waals surface area contributed by atoms with Crippen molar-refractivity contribution in [2.24, 2.45) is 0 Å². The third kappa shape index (κ3) is 8.59. The van der Waals surface area contributed by atoms with E-state index in [4.69, 9.17) is 4.74 Å². The highest BCUT2D eigenvalue weighted by Gasteiger charge is 2.12. The molecule has 26 heavy (non-hydrogen) atoms. The molecule has 4 heteroatoms. The lowest BCUT2D eigenvalue weighted by atomic mass is 9.98. The van der Waals surface area contributed by atoms with Crippen molar-refractivity contribution in [3.63, 3.8) is 0 Å². The molecular weight excluding hydrogens is 324 g/mol. The lowest BCUT2D eigenvalue weighted by molar-refractivity contribution is 0.234. The van der Waals surface area contributed by atoms with Gasteiger partial charge >= 0.3 is 6.03 Å². The van der Waals surface area contributed by atoms with E-state index >= 15 is 0 Å². The summed E-state index contributed by atoms with van der Waals surface area (Å²) in [4.78, 5) is 12.2. The second-order valence-corrected chi connectivity index (χ2v) is 7.45. The summed E-state index contributed by atoms with van der Waals surface area (Å²) in [7, 11) is 1.67.